The van der Waals surface area contributed by atoms with Gasteiger partial charge >= 0.3 is 0 Å². The molecule has 0 fully saturated rings. The summed E-state index contributed by atoms with van der Waals surface area (Å²) < 4.78 is 0. The van der Waals surface area contributed by atoms with E-state index in [2.05, 4.69) is 26.8 Å². The van der Waals surface area contributed by atoms with Crippen LogP contribution in [0, 0.1) is 13.8 Å². The number of unbranched alkanes of at least 4 members (excludes halogenated alkanes) is 2. The van der Waals surface area contributed by atoms with Crippen molar-refractivity contribution >= 4 is 16.9 Å². The molecule has 2 aromatic heterocycles. The Morgan fingerprint density at radius 1 is 1.00 bits per heavy atom. The number of rotatable bonds is 10. The number of H-pyrrole nitrogens is 1. The lowest BCUT2D eigenvalue weighted by atomic mass is 10.1. The van der Waals surface area contributed by atoms with Gasteiger partial charge in [-0.3, -0.25) is 4.90 Å². The fourth-order valence-corrected chi connectivity index (χ4v) is 3.11. The van der Waals surface area contributed by atoms with Crippen molar-refractivity contribution in [3.05, 3.63) is 17.1 Å². The van der Waals surface area contributed by atoms with Crippen molar-refractivity contribution in [2.45, 2.75) is 39.5 Å². The Hall–Kier alpha value is -1.70. The zero-order valence-corrected chi connectivity index (χ0v) is 14.7. The molecule has 0 spiro atoms. The van der Waals surface area contributed by atoms with Gasteiger partial charge in [0.15, 0.2) is 5.82 Å². The molecule has 0 radical (unpaired) electrons. The molecule has 2 rings (SSSR count). The van der Waals surface area contributed by atoms with Gasteiger partial charge in [-0.15, -0.1) is 0 Å². The van der Waals surface area contributed by atoms with Crippen LogP contribution in [0.5, 0.6) is 0 Å². The summed E-state index contributed by atoms with van der Waals surface area (Å²) in [6.45, 7) is 6.33. The highest BCUT2D eigenvalue weighted by Gasteiger charge is 2.13. The quantitative estimate of drug-likeness (QED) is 0.485. The maximum absolute atomic E-state index is 9.02. The monoisotopic (exact) mass is 335 g/mol. The second-order valence-corrected chi connectivity index (χ2v) is 6.21. The van der Waals surface area contributed by atoms with Crippen LogP contribution in [-0.2, 0) is 6.42 Å². The molecular weight excluding hydrogens is 306 g/mol. The minimum atomic E-state index is 0.134. The number of aromatic amines is 1. The third-order valence-corrected chi connectivity index (χ3v) is 4.33. The van der Waals surface area contributed by atoms with Gasteiger partial charge < -0.3 is 20.9 Å². The molecule has 7 nitrogen and oxygen atoms in total. The molecule has 0 saturated carbocycles. The Kier molecular flexibility index (Phi) is 6.96. The number of hydrogen-bond donors (Lipinski definition) is 4. The lowest BCUT2D eigenvalue weighted by molar-refractivity contribution is 0.159. The lowest BCUT2D eigenvalue weighted by Crippen LogP contribution is -2.30. The van der Waals surface area contributed by atoms with E-state index in [-0.39, 0.29) is 13.2 Å². The molecule has 2 heterocycles. The molecule has 0 bridgehead atoms. The zero-order valence-electron chi connectivity index (χ0n) is 14.7. The first kappa shape index (κ1) is 18.6. The minimum Gasteiger partial charge on any atom is -0.395 e. The van der Waals surface area contributed by atoms with Crippen molar-refractivity contribution in [3.63, 3.8) is 0 Å². The Balaban J connectivity index is 1.89. The van der Waals surface area contributed by atoms with Gasteiger partial charge in [0.25, 0.3) is 0 Å². The Morgan fingerprint density at radius 3 is 2.38 bits per heavy atom. The topological polar surface area (TPSA) is 111 Å². The van der Waals surface area contributed by atoms with Gasteiger partial charge in [-0.25, -0.2) is 9.97 Å². The molecule has 0 aromatic carbocycles. The molecule has 24 heavy (non-hydrogen) atoms. The second-order valence-electron chi connectivity index (χ2n) is 6.21. The molecule has 0 amide bonds. The van der Waals surface area contributed by atoms with E-state index < -0.39 is 0 Å². The van der Waals surface area contributed by atoms with Crippen LogP contribution in [0.15, 0.2) is 0 Å². The molecular formula is C17H29N5O2. The van der Waals surface area contributed by atoms with Gasteiger partial charge in [0, 0.05) is 18.8 Å². The first-order chi connectivity index (χ1) is 11.6. The van der Waals surface area contributed by atoms with Crippen molar-refractivity contribution in [2.24, 2.45) is 0 Å². The number of aliphatic hydroxyl groups excluding tert-OH is 2. The first-order valence-electron chi connectivity index (χ1n) is 8.62. The van der Waals surface area contributed by atoms with E-state index in [0.29, 0.717) is 24.7 Å². The van der Waals surface area contributed by atoms with Crippen LogP contribution >= 0.6 is 0 Å². The largest absolute Gasteiger partial charge is 0.395 e. The van der Waals surface area contributed by atoms with Crippen LogP contribution < -0.4 is 5.73 Å². The third kappa shape index (κ3) is 4.66. The molecule has 134 valence electrons. The molecule has 2 aromatic rings. The van der Waals surface area contributed by atoms with Crippen LogP contribution in [0.3, 0.4) is 0 Å². The normalized spacial score (nSPS) is 11.7. The fourth-order valence-electron chi connectivity index (χ4n) is 3.11. The number of aliphatic hydroxyl groups is 2. The van der Waals surface area contributed by atoms with Crippen LogP contribution in [0.2, 0.25) is 0 Å². The van der Waals surface area contributed by atoms with E-state index in [0.717, 1.165) is 49.0 Å². The number of nitrogens with two attached hydrogens (primary N) is 1. The summed E-state index contributed by atoms with van der Waals surface area (Å²) in [4.78, 5) is 14.1. The molecule has 0 aliphatic carbocycles. The van der Waals surface area contributed by atoms with E-state index in [1.165, 1.54) is 5.56 Å². The predicted octanol–water partition coefficient (Wildman–Crippen LogP) is 1.16. The zero-order chi connectivity index (χ0) is 17.5. The van der Waals surface area contributed by atoms with Crippen LogP contribution in [0.4, 0.5) is 5.82 Å². The van der Waals surface area contributed by atoms with Gasteiger partial charge in [-0.1, -0.05) is 6.42 Å². The van der Waals surface area contributed by atoms with E-state index in [1.54, 1.807) is 0 Å². The number of aryl methyl sites for hydroxylation is 3. The maximum Gasteiger partial charge on any atom is 0.151 e. The number of hydrogen-bond acceptors (Lipinski definition) is 6. The van der Waals surface area contributed by atoms with Gasteiger partial charge in [-0.05, 0) is 45.2 Å². The highest BCUT2D eigenvalue weighted by Crippen LogP contribution is 2.25. The number of aromatic nitrogens is 3. The summed E-state index contributed by atoms with van der Waals surface area (Å²) >= 11 is 0. The summed E-state index contributed by atoms with van der Waals surface area (Å²) in [5.41, 5.74) is 10.1. The Labute approximate surface area is 142 Å². The predicted molar refractivity (Wildman–Crippen MR) is 95.9 cm³/mol. The summed E-state index contributed by atoms with van der Waals surface area (Å²) in [5.74, 6) is 1.21. The van der Waals surface area contributed by atoms with E-state index in [9.17, 15) is 0 Å². The Bertz CT molecular complexity index is 650. The highest BCUT2D eigenvalue weighted by atomic mass is 16.3. The minimum absolute atomic E-state index is 0.134. The second kappa shape index (κ2) is 8.96. The molecule has 0 saturated heterocycles. The molecule has 0 aliphatic rings. The molecule has 0 unspecified atom stereocenters. The third-order valence-electron chi connectivity index (χ3n) is 4.33. The smallest absolute Gasteiger partial charge is 0.151 e. The summed E-state index contributed by atoms with van der Waals surface area (Å²) in [7, 11) is 0. The van der Waals surface area contributed by atoms with E-state index in [4.69, 9.17) is 15.9 Å². The lowest BCUT2D eigenvalue weighted by Gasteiger charge is -2.19. The highest BCUT2D eigenvalue weighted by molar-refractivity contribution is 5.88. The van der Waals surface area contributed by atoms with Crippen molar-refractivity contribution in [1.82, 2.24) is 19.9 Å². The van der Waals surface area contributed by atoms with E-state index in [1.807, 2.05) is 6.92 Å². The standard InChI is InChI=1S/C17H29N5O2/c1-12-14(15-16(19-12)17(18)21-13(2)20-15)6-4-3-5-7-22(8-10-23)9-11-24/h19,23-24H,3-11H2,1-2H3,(H2,18,20,21). The van der Waals surface area contributed by atoms with Crippen LogP contribution in [-0.4, -0.2) is 62.9 Å². The van der Waals surface area contributed by atoms with E-state index >= 15 is 0 Å². The average Bonchev–Trinajstić information content (AvgIpc) is 2.84. The molecule has 0 atom stereocenters. The fraction of sp³-hybridized carbons (Fsp3) is 0.647. The summed E-state index contributed by atoms with van der Waals surface area (Å²) in [6, 6.07) is 0. The van der Waals surface area contributed by atoms with Gasteiger partial charge in [0.2, 0.25) is 0 Å². The van der Waals surface area contributed by atoms with Crippen molar-refractivity contribution < 1.29 is 10.2 Å². The molecule has 0 aliphatic heterocycles. The van der Waals surface area contributed by atoms with Crippen LogP contribution in [0.1, 0.15) is 36.3 Å². The number of anilines is 1. The maximum atomic E-state index is 9.02. The van der Waals surface area contributed by atoms with Crippen LogP contribution in [0.25, 0.3) is 11.0 Å². The number of nitrogen functional groups attached to an aromatic ring is 1. The van der Waals surface area contributed by atoms with Gasteiger partial charge in [0.1, 0.15) is 11.3 Å². The summed E-state index contributed by atoms with van der Waals surface area (Å²) in [6.07, 6.45) is 4.18. The van der Waals surface area contributed by atoms with Gasteiger partial charge in [0.05, 0.1) is 18.7 Å². The Morgan fingerprint density at radius 2 is 1.71 bits per heavy atom. The molecule has 7 heteroatoms. The van der Waals surface area contributed by atoms with Crippen molar-refractivity contribution in [3.8, 4) is 0 Å². The van der Waals surface area contributed by atoms with Crippen molar-refractivity contribution in [2.75, 3.05) is 38.6 Å². The van der Waals surface area contributed by atoms with Crippen molar-refractivity contribution in [1.29, 1.82) is 0 Å². The number of fused-ring (bicyclic) bond motifs is 1. The average molecular weight is 335 g/mol. The van der Waals surface area contributed by atoms with Gasteiger partial charge in [-0.2, -0.15) is 0 Å². The summed E-state index contributed by atoms with van der Waals surface area (Å²) in [5, 5.41) is 18.0. The SMILES string of the molecule is Cc1nc(N)c2[nH]c(C)c(CCCCCN(CCO)CCO)c2n1. The number of nitrogens with zero attached hydrogens (tertiary/aromatic N) is 3. The first-order valence-corrected chi connectivity index (χ1v) is 8.62. The number of nitrogens with one attached hydrogen (secondary N) is 1. The molecule has 5 N–H and O–H groups in total.